The molecule has 0 atom stereocenters. The second-order valence-corrected chi connectivity index (χ2v) is 5.23. The molecule has 3 nitrogen and oxygen atoms in total. The van der Waals surface area contributed by atoms with Gasteiger partial charge in [-0.2, -0.15) is 0 Å². The Bertz CT molecular complexity index is 605. The molecule has 0 unspecified atom stereocenters. The van der Waals surface area contributed by atoms with Gasteiger partial charge < -0.3 is 5.32 Å². The van der Waals surface area contributed by atoms with Gasteiger partial charge in [0.2, 0.25) is 0 Å². The molecular weight excluding hydrogens is 270 g/mol. The highest BCUT2D eigenvalue weighted by molar-refractivity contribution is 7.13. The van der Waals surface area contributed by atoms with Gasteiger partial charge in [-0.05, 0) is 26.0 Å². The summed E-state index contributed by atoms with van der Waals surface area (Å²) in [6.45, 7) is 3.33. The Labute approximate surface area is 113 Å². The van der Waals surface area contributed by atoms with Crippen LogP contribution in [0.5, 0.6) is 0 Å². The number of carbonyl (C=O) groups excluding carboxylic acids is 1. The van der Waals surface area contributed by atoms with E-state index in [4.69, 9.17) is 0 Å². The Morgan fingerprint density at radius 1 is 1.32 bits per heavy atom. The van der Waals surface area contributed by atoms with E-state index in [-0.39, 0.29) is 18.0 Å². The molecule has 0 saturated heterocycles. The Kier molecular flexibility index (Phi) is 3.90. The number of halogens is 2. The van der Waals surface area contributed by atoms with E-state index in [2.05, 4.69) is 10.3 Å². The number of aromatic nitrogens is 1. The first-order valence-corrected chi connectivity index (χ1v) is 6.46. The van der Waals surface area contributed by atoms with Crippen LogP contribution in [-0.2, 0) is 6.54 Å². The standard InChI is InChI=1S/C13H12F2N2OS/c1-7-12(19-8(2)17-7)13(18)16-6-9-10(14)4-3-5-11(9)15/h3-5H,6H2,1-2H3,(H,16,18). The molecule has 0 aliphatic carbocycles. The van der Waals surface area contributed by atoms with Gasteiger partial charge in [-0.25, -0.2) is 13.8 Å². The van der Waals surface area contributed by atoms with Crippen LogP contribution in [0.2, 0.25) is 0 Å². The van der Waals surface area contributed by atoms with Crippen molar-refractivity contribution >= 4 is 17.2 Å². The molecule has 0 aliphatic rings. The summed E-state index contributed by atoms with van der Waals surface area (Å²) in [6, 6.07) is 3.60. The van der Waals surface area contributed by atoms with Crippen LogP contribution in [0.25, 0.3) is 0 Å². The Hall–Kier alpha value is -1.82. The average molecular weight is 282 g/mol. The Balaban J connectivity index is 2.11. The largest absolute Gasteiger partial charge is 0.347 e. The van der Waals surface area contributed by atoms with Crippen LogP contribution in [0.15, 0.2) is 18.2 Å². The van der Waals surface area contributed by atoms with Crippen molar-refractivity contribution in [3.05, 3.63) is 51.0 Å². The maximum absolute atomic E-state index is 13.4. The fourth-order valence-corrected chi connectivity index (χ4v) is 2.53. The number of amides is 1. The van der Waals surface area contributed by atoms with Crippen LogP contribution in [0, 0.1) is 25.5 Å². The van der Waals surface area contributed by atoms with Gasteiger partial charge in [0.05, 0.1) is 10.7 Å². The molecule has 0 fully saturated rings. The molecular formula is C13H12F2N2OS. The number of nitrogens with zero attached hydrogens (tertiary/aromatic N) is 1. The van der Waals surface area contributed by atoms with Crippen molar-refractivity contribution < 1.29 is 13.6 Å². The normalized spacial score (nSPS) is 10.5. The fraction of sp³-hybridized carbons (Fsp3) is 0.231. The van der Waals surface area contributed by atoms with Crippen LogP contribution in [0.1, 0.15) is 25.9 Å². The van der Waals surface area contributed by atoms with Crippen LogP contribution in [-0.4, -0.2) is 10.9 Å². The fourth-order valence-electron chi connectivity index (χ4n) is 1.69. The van der Waals surface area contributed by atoms with Gasteiger partial charge in [-0.3, -0.25) is 4.79 Å². The summed E-state index contributed by atoms with van der Waals surface area (Å²) in [5, 5.41) is 3.28. The number of nitrogens with one attached hydrogen (secondary N) is 1. The maximum Gasteiger partial charge on any atom is 0.263 e. The van der Waals surface area contributed by atoms with Crippen molar-refractivity contribution in [2.75, 3.05) is 0 Å². The molecule has 1 N–H and O–H groups in total. The SMILES string of the molecule is Cc1nc(C)c(C(=O)NCc2c(F)cccc2F)s1. The van der Waals surface area contributed by atoms with E-state index in [0.29, 0.717) is 10.6 Å². The molecule has 1 heterocycles. The molecule has 19 heavy (non-hydrogen) atoms. The molecule has 1 aromatic carbocycles. The number of hydrogen-bond donors (Lipinski definition) is 1. The number of aryl methyl sites for hydroxylation is 2. The van der Waals surface area contributed by atoms with Crippen molar-refractivity contribution in [2.24, 2.45) is 0 Å². The van der Waals surface area contributed by atoms with Gasteiger partial charge in [0, 0.05) is 12.1 Å². The Morgan fingerprint density at radius 2 is 1.95 bits per heavy atom. The maximum atomic E-state index is 13.4. The van der Waals surface area contributed by atoms with Crippen molar-refractivity contribution in [2.45, 2.75) is 20.4 Å². The molecule has 0 spiro atoms. The van der Waals surface area contributed by atoms with E-state index in [1.54, 1.807) is 13.8 Å². The lowest BCUT2D eigenvalue weighted by molar-refractivity contribution is 0.0953. The monoisotopic (exact) mass is 282 g/mol. The molecule has 0 saturated carbocycles. The average Bonchev–Trinajstić information content (AvgIpc) is 2.67. The zero-order chi connectivity index (χ0) is 14.0. The summed E-state index contributed by atoms with van der Waals surface area (Å²) in [5.41, 5.74) is 0.476. The topological polar surface area (TPSA) is 42.0 Å². The Morgan fingerprint density at radius 3 is 2.47 bits per heavy atom. The first-order chi connectivity index (χ1) is 8.99. The first kappa shape index (κ1) is 13.6. The van der Waals surface area contributed by atoms with Gasteiger partial charge in [-0.1, -0.05) is 6.07 Å². The first-order valence-electron chi connectivity index (χ1n) is 5.64. The van der Waals surface area contributed by atoms with Gasteiger partial charge in [0.25, 0.3) is 5.91 Å². The van der Waals surface area contributed by atoms with E-state index in [0.717, 1.165) is 17.1 Å². The minimum absolute atomic E-state index is 0.144. The van der Waals surface area contributed by atoms with Crippen LogP contribution < -0.4 is 5.32 Å². The summed E-state index contributed by atoms with van der Waals surface area (Å²) in [5.74, 6) is -1.71. The second-order valence-electron chi connectivity index (χ2n) is 4.03. The lowest BCUT2D eigenvalue weighted by Gasteiger charge is -2.06. The predicted molar refractivity (Wildman–Crippen MR) is 69.1 cm³/mol. The smallest absolute Gasteiger partial charge is 0.263 e. The van der Waals surface area contributed by atoms with Crippen LogP contribution >= 0.6 is 11.3 Å². The highest BCUT2D eigenvalue weighted by Crippen LogP contribution is 2.17. The van der Waals surface area contributed by atoms with Gasteiger partial charge >= 0.3 is 0 Å². The van der Waals surface area contributed by atoms with E-state index in [1.165, 1.54) is 17.4 Å². The predicted octanol–water partition coefficient (Wildman–Crippen LogP) is 2.97. The molecule has 100 valence electrons. The van der Waals surface area contributed by atoms with Crippen LogP contribution in [0.3, 0.4) is 0 Å². The van der Waals surface area contributed by atoms with E-state index in [9.17, 15) is 13.6 Å². The third kappa shape index (κ3) is 2.96. The zero-order valence-corrected chi connectivity index (χ0v) is 11.3. The quantitative estimate of drug-likeness (QED) is 0.940. The minimum atomic E-state index is -0.669. The third-order valence-electron chi connectivity index (χ3n) is 2.60. The molecule has 1 aromatic heterocycles. The van der Waals surface area contributed by atoms with Crippen molar-refractivity contribution in [1.82, 2.24) is 10.3 Å². The lowest BCUT2D eigenvalue weighted by Crippen LogP contribution is -2.23. The summed E-state index contributed by atoms with van der Waals surface area (Å²) in [4.78, 5) is 16.5. The van der Waals surface area contributed by atoms with Crippen molar-refractivity contribution in [3.63, 3.8) is 0 Å². The molecule has 0 aliphatic heterocycles. The molecule has 2 aromatic rings. The van der Waals surface area contributed by atoms with E-state index in [1.807, 2.05) is 0 Å². The minimum Gasteiger partial charge on any atom is -0.347 e. The van der Waals surface area contributed by atoms with Gasteiger partial charge in [0.1, 0.15) is 16.5 Å². The summed E-state index contributed by atoms with van der Waals surface area (Å²) >= 11 is 1.26. The van der Waals surface area contributed by atoms with Crippen molar-refractivity contribution in [1.29, 1.82) is 0 Å². The van der Waals surface area contributed by atoms with Gasteiger partial charge in [0.15, 0.2) is 0 Å². The molecule has 1 amide bonds. The van der Waals surface area contributed by atoms with Crippen molar-refractivity contribution in [3.8, 4) is 0 Å². The summed E-state index contributed by atoms with van der Waals surface area (Å²) in [6.07, 6.45) is 0. The summed E-state index contributed by atoms with van der Waals surface area (Å²) in [7, 11) is 0. The summed E-state index contributed by atoms with van der Waals surface area (Å²) < 4.78 is 26.8. The van der Waals surface area contributed by atoms with Crippen LogP contribution in [0.4, 0.5) is 8.78 Å². The number of rotatable bonds is 3. The third-order valence-corrected chi connectivity index (χ3v) is 3.67. The molecule has 6 heteroatoms. The molecule has 2 rings (SSSR count). The van der Waals surface area contributed by atoms with E-state index >= 15 is 0 Å². The highest BCUT2D eigenvalue weighted by atomic mass is 32.1. The highest BCUT2D eigenvalue weighted by Gasteiger charge is 2.15. The second kappa shape index (κ2) is 5.44. The number of thiazole rings is 1. The molecule has 0 radical (unpaired) electrons. The van der Waals surface area contributed by atoms with Gasteiger partial charge in [-0.15, -0.1) is 11.3 Å². The number of benzene rings is 1. The number of carbonyl (C=O) groups is 1. The molecule has 0 bridgehead atoms. The van der Waals surface area contributed by atoms with E-state index < -0.39 is 11.6 Å². The zero-order valence-electron chi connectivity index (χ0n) is 10.5. The lowest BCUT2D eigenvalue weighted by atomic mass is 10.2. The number of hydrogen-bond acceptors (Lipinski definition) is 3.